The molecule has 1 aromatic carbocycles. The number of carbonyl (C=O) groups excluding carboxylic acids is 2. The molecule has 1 saturated carbocycles. The van der Waals surface area contributed by atoms with Crippen molar-refractivity contribution in [3.05, 3.63) is 52.8 Å². The molecule has 2 aromatic rings. The summed E-state index contributed by atoms with van der Waals surface area (Å²) >= 11 is 0. The van der Waals surface area contributed by atoms with Crippen LogP contribution in [0.25, 0.3) is 0 Å². The zero-order chi connectivity index (χ0) is 19.6. The van der Waals surface area contributed by atoms with Crippen LogP contribution in [0.1, 0.15) is 57.8 Å². The predicted molar refractivity (Wildman–Crippen MR) is 110 cm³/mol. The molecule has 3 atom stereocenters. The van der Waals surface area contributed by atoms with E-state index < -0.39 is 5.66 Å². The van der Waals surface area contributed by atoms with E-state index in [1.807, 2.05) is 29.2 Å². The molecule has 0 radical (unpaired) electrons. The third-order valence-corrected chi connectivity index (χ3v) is 7.48. The molecule has 0 bridgehead atoms. The van der Waals surface area contributed by atoms with Crippen LogP contribution in [0.4, 0.5) is 5.69 Å². The summed E-state index contributed by atoms with van der Waals surface area (Å²) in [6.45, 7) is 1.46. The van der Waals surface area contributed by atoms with Gasteiger partial charge in [-0.15, -0.1) is 0 Å². The lowest BCUT2D eigenvalue weighted by Crippen LogP contribution is -2.61. The van der Waals surface area contributed by atoms with Crippen molar-refractivity contribution < 1.29 is 9.59 Å². The van der Waals surface area contributed by atoms with Crippen LogP contribution in [0.3, 0.4) is 0 Å². The van der Waals surface area contributed by atoms with Crippen LogP contribution >= 0.6 is 0 Å². The van der Waals surface area contributed by atoms with Gasteiger partial charge >= 0.3 is 0 Å². The van der Waals surface area contributed by atoms with E-state index in [0.29, 0.717) is 18.0 Å². The number of carbonyl (C=O) groups is 2. The molecule has 2 fully saturated rings. The highest BCUT2D eigenvalue weighted by Gasteiger charge is 2.55. The molecule has 29 heavy (non-hydrogen) atoms. The number of rotatable bonds is 1. The van der Waals surface area contributed by atoms with Gasteiger partial charge in [0.1, 0.15) is 11.4 Å². The number of benzene rings is 1. The number of nitrogens with zero attached hydrogens (tertiary/aromatic N) is 1. The fraction of sp³-hybridized carbons (Fsp3) is 0.478. The third kappa shape index (κ3) is 2.54. The number of likely N-dealkylation sites (tertiary alicyclic amines) is 1. The number of hydrogen-bond acceptors (Lipinski definition) is 3. The second-order valence-electron chi connectivity index (χ2n) is 9.11. The van der Waals surface area contributed by atoms with Gasteiger partial charge < -0.3 is 20.5 Å². The zero-order valence-electron chi connectivity index (χ0n) is 16.5. The number of hydrogen-bond donors (Lipinski definition) is 3. The Labute approximate surface area is 170 Å². The fourth-order valence-corrected chi connectivity index (χ4v) is 6.02. The molecule has 0 unspecified atom stereocenters. The van der Waals surface area contributed by atoms with Crippen LogP contribution in [-0.2, 0) is 12.8 Å². The summed E-state index contributed by atoms with van der Waals surface area (Å²) in [5.41, 5.74) is 4.45. The van der Waals surface area contributed by atoms with E-state index in [0.717, 1.165) is 43.6 Å². The minimum absolute atomic E-state index is 0.0122. The highest BCUT2D eigenvalue weighted by molar-refractivity contribution is 6.02. The number of aryl methyl sites for hydroxylation is 2. The van der Waals surface area contributed by atoms with Crippen LogP contribution in [0.15, 0.2) is 30.3 Å². The SMILES string of the molecule is O=C1N[C@]2(CC[C@@H]3CN(C(=O)c4cc5c([nH]4)CCCC5)C[C@@H]32)Nc2ccccc21. The van der Waals surface area contributed by atoms with Gasteiger partial charge in [-0.1, -0.05) is 12.1 Å². The second kappa shape index (κ2) is 6.12. The number of nitrogens with one attached hydrogen (secondary N) is 3. The van der Waals surface area contributed by atoms with Crippen molar-refractivity contribution in [1.29, 1.82) is 0 Å². The van der Waals surface area contributed by atoms with E-state index in [9.17, 15) is 9.59 Å². The van der Waals surface area contributed by atoms with Crippen molar-refractivity contribution >= 4 is 17.5 Å². The lowest BCUT2D eigenvalue weighted by atomic mass is 9.89. The van der Waals surface area contributed by atoms with Crippen LogP contribution in [0.2, 0.25) is 0 Å². The monoisotopic (exact) mass is 390 g/mol. The predicted octanol–water partition coefficient (Wildman–Crippen LogP) is 2.93. The summed E-state index contributed by atoms with van der Waals surface area (Å²) in [6.07, 6.45) is 6.45. The van der Waals surface area contributed by atoms with Crippen molar-refractivity contribution in [3.8, 4) is 0 Å². The van der Waals surface area contributed by atoms with E-state index in [4.69, 9.17) is 0 Å². The topological polar surface area (TPSA) is 77.2 Å². The van der Waals surface area contributed by atoms with E-state index in [1.54, 1.807) is 0 Å². The quantitative estimate of drug-likeness (QED) is 0.701. The standard InChI is InChI=1S/C23H26N4O2/c28-21-16-6-2-4-8-19(16)25-23(26-21)10-9-15-12-27(13-17(15)23)22(29)20-11-14-5-1-3-7-18(14)24-20/h2,4,6,8,11,15,17,24-25H,1,3,5,7,9-10,12-13H2,(H,26,28)/t15-,17+,23+/m1/s1. The van der Waals surface area contributed by atoms with Gasteiger partial charge in [0.25, 0.3) is 11.8 Å². The first kappa shape index (κ1) is 17.1. The Morgan fingerprint density at radius 2 is 1.97 bits per heavy atom. The van der Waals surface area contributed by atoms with Crippen LogP contribution < -0.4 is 10.6 Å². The number of amides is 2. The molecule has 1 aromatic heterocycles. The maximum atomic E-state index is 13.2. The van der Waals surface area contributed by atoms with Crippen molar-refractivity contribution in [2.24, 2.45) is 11.8 Å². The Kier molecular flexibility index (Phi) is 3.61. The van der Waals surface area contributed by atoms with Gasteiger partial charge in [-0.2, -0.15) is 0 Å². The first-order valence-electron chi connectivity index (χ1n) is 10.8. The maximum absolute atomic E-state index is 13.2. The smallest absolute Gasteiger partial charge is 0.270 e. The molecule has 4 aliphatic rings. The Hall–Kier alpha value is -2.76. The van der Waals surface area contributed by atoms with Gasteiger partial charge in [0.2, 0.25) is 0 Å². The highest BCUT2D eigenvalue weighted by atomic mass is 16.2. The van der Waals surface area contributed by atoms with E-state index >= 15 is 0 Å². The Bertz CT molecular complexity index is 989. The molecular weight excluding hydrogens is 364 g/mol. The van der Waals surface area contributed by atoms with Crippen LogP contribution in [-0.4, -0.2) is 40.5 Å². The number of fused-ring (bicyclic) bond motifs is 4. The number of H-pyrrole nitrogens is 1. The molecule has 1 saturated heterocycles. The summed E-state index contributed by atoms with van der Waals surface area (Å²) in [4.78, 5) is 31.3. The summed E-state index contributed by atoms with van der Waals surface area (Å²) in [5, 5.41) is 6.90. The minimum Gasteiger partial charge on any atom is -0.362 e. The molecule has 6 heteroatoms. The van der Waals surface area contributed by atoms with Crippen molar-refractivity contribution in [2.75, 3.05) is 18.4 Å². The van der Waals surface area contributed by atoms with Crippen molar-refractivity contribution in [1.82, 2.24) is 15.2 Å². The Balaban J connectivity index is 1.25. The summed E-state index contributed by atoms with van der Waals surface area (Å²) in [7, 11) is 0. The van der Waals surface area contributed by atoms with Crippen LogP contribution in [0, 0.1) is 11.8 Å². The number of para-hydroxylation sites is 1. The van der Waals surface area contributed by atoms with Gasteiger partial charge in [0.05, 0.1) is 5.56 Å². The molecule has 6 rings (SSSR count). The minimum atomic E-state index is -0.444. The average Bonchev–Trinajstić information content (AvgIpc) is 3.43. The molecule has 3 heterocycles. The molecule has 150 valence electrons. The highest BCUT2D eigenvalue weighted by Crippen LogP contribution is 2.47. The van der Waals surface area contributed by atoms with Crippen molar-refractivity contribution in [3.63, 3.8) is 0 Å². The fourth-order valence-electron chi connectivity index (χ4n) is 6.02. The molecule has 6 nitrogen and oxygen atoms in total. The molecular formula is C23H26N4O2. The first-order chi connectivity index (χ1) is 14.1. The lowest BCUT2D eigenvalue weighted by molar-refractivity contribution is 0.0762. The average molecular weight is 390 g/mol. The van der Waals surface area contributed by atoms with Gasteiger partial charge in [-0.05, 0) is 68.2 Å². The molecule has 2 aliphatic carbocycles. The Morgan fingerprint density at radius 1 is 1.10 bits per heavy atom. The van der Waals surface area contributed by atoms with E-state index in [1.165, 1.54) is 24.1 Å². The zero-order valence-corrected chi connectivity index (χ0v) is 16.5. The maximum Gasteiger partial charge on any atom is 0.270 e. The normalized spacial score (nSPS) is 29.8. The molecule has 2 aliphatic heterocycles. The number of anilines is 1. The number of aromatic amines is 1. The summed E-state index contributed by atoms with van der Waals surface area (Å²) in [6, 6.07) is 9.75. The lowest BCUT2D eigenvalue weighted by Gasteiger charge is -2.42. The van der Waals surface area contributed by atoms with Crippen LogP contribution in [0.5, 0.6) is 0 Å². The summed E-state index contributed by atoms with van der Waals surface area (Å²) < 4.78 is 0. The van der Waals surface area contributed by atoms with E-state index in [-0.39, 0.29) is 17.7 Å². The van der Waals surface area contributed by atoms with Gasteiger partial charge in [-0.25, -0.2) is 0 Å². The molecule has 3 N–H and O–H groups in total. The van der Waals surface area contributed by atoms with Gasteiger partial charge in [0.15, 0.2) is 0 Å². The van der Waals surface area contributed by atoms with E-state index in [2.05, 4.69) is 21.7 Å². The first-order valence-corrected chi connectivity index (χ1v) is 10.8. The van der Waals surface area contributed by atoms with Gasteiger partial charge in [-0.3, -0.25) is 9.59 Å². The number of aromatic nitrogens is 1. The van der Waals surface area contributed by atoms with Crippen molar-refractivity contribution in [2.45, 2.75) is 44.2 Å². The molecule has 2 amide bonds. The third-order valence-electron chi connectivity index (χ3n) is 7.48. The second-order valence-corrected chi connectivity index (χ2v) is 9.11. The largest absolute Gasteiger partial charge is 0.362 e. The van der Waals surface area contributed by atoms with Gasteiger partial charge in [0, 0.05) is 30.4 Å². The Morgan fingerprint density at radius 3 is 2.86 bits per heavy atom. The summed E-state index contributed by atoms with van der Waals surface area (Å²) in [5.74, 6) is 0.739. The molecule has 1 spiro atoms.